The van der Waals surface area contributed by atoms with Crippen LogP contribution in [0.4, 0.5) is 0 Å². The van der Waals surface area contributed by atoms with Crippen LogP contribution in [0.15, 0.2) is 48.7 Å². The third-order valence-corrected chi connectivity index (χ3v) is 3.81. The minimum atomic E-state index is 0.280. The lowest BCUT2D eigenvalue weighted by molar-refractivity contribution is 0.174. The Labute approximate surface area is 132 Å². The van der Waals surface area contributed by atoms with Crippen LogP contribution in [0.25, 0.3) is 11.3 Å². The highest BCUT2D eigenvalue weighted by molar-refractivity contribution is 6.30. The lowest BCUT2D eigenvalue weighted by atomic mass is 10.1. The molecule has 1 N–H and O–H groups in total. The fourth-order valence-electron chi connectivity index (χ4n) is 2.50. The summed E-state index contributed by atoms with van der Waals surface area (Å²) >= 11 is 6.01. The van der Waals surface area contributed by atoms with Crippen molar-refractivity contribution in [1.82, 2.24) is 9.97 Å². The zero-order chi connectivity index (χ0) is 14.9. The summed E-state index contributed by atoms with van der Waals surface area (Å²) < 4.78 is 10.7. The molecule has 4 rings (SSSR count). The van der Waals surface area contributed by atoms with Gasteiger partial charge >= 0.3 is 0 Å². The van der Waals surface area contributed by atoms with Crippen molar-refractivity contribution in [2.45, 2.75) is 6.42 Å². The maximum Gasteiger partial charge on any atom is 0.231 e. The number of nitrogens with one attached hydrogen (secondary N) is 1. The first kappa shape index (κ1) is 13.2. The highest BCUT2D eigenvalue weighted by atomic mass is 35.5. The monoisotopic (exact) mass is 312 g/mol. The molecular formula is C17H13ClN2O2. The molecular weight excluding hydrogens is 300 g/mol. The zero-order valence-corrected chi connectivity index (χ0v) is 12.4. The van der Waals surface area contributed by atoms with Gasteiger partial charge in [0.1, 0.15) is 5.82 Å². The highest BCUT2D eigenvalue weighted by Crippen LogP contribution is 2.35. The number of benzene rings is 2. The first-order valence-electron chi connectivity index (χ1n) is 6.96. The molecule has 0 bridgehead atoms. The molecule has 0 saturated heterocycles. The van der Waals surface area contributed by atoms with Crippen LogP contribution in [0.3, 0.4) is 0 Å². The average Bonchev–Trinajstić information content (AvgIpc) is 3.15. The Balaban J connectivity index is 1.59. The van der Waals surface area contributed by atoms with Crippen LogP contribution in [-0.2, 0) is 6.42 Å². The number of nitrogens with zero attached hydrogens (tertiary/aromatic N) is 1. The SMILES string of the molecule is Clc1cccc(Cc2ncc(-c3ccc4c(c3)OCO4)[nH]2)c1. The maximum atomic E-state index is 6.01. The Kier molecular flexibility index (Phi) is 3.24. The molecule has 4 nitrogen and oxygen atoms in total. The van der Waals surface area contributed by atoms with E-state index in [1.165, 1.54) is 0 Å². The topological polar surface area (TPSA) is 47.1 Å². The van der Waals surface area contributed by atoms with E-state index < -0.39 is 0 Å². The van der Waals surface area contributed by atoms with Gasteiger partial charge < -0.3 is 14.5 Å². The van der Waals surface area contributed by atoms with Gasteiger partial charge in [-0.25, -0.2) is 4.98 Å². The van der Waals surface area contributed by atoms with Crippen molar-refractivity contribution < 1.29 is 9.47 Å². The second-order valence-electron chi connectivity index (χ2n) is 5.12. The van der Waals surface area contributed by atoms with Crippen LogP contribution in [0, 0.1) is 0 Å². The Hall–Kier alpha value is -2.46. The third-order valence-electron chi connectivity index (χ3n) is 3.57. The van der Waals surface area contributed by atoms with Crippen LogP contribution >= 0.6 is 11.6 Å². The van der Waals surface area contributed by atoms with Crippen LogP contribution < -0.4 is 9.47 Å². The van der Waals surface area contributed by atoms with E-state index in [0.29, 0.717) is 6.42 Å². The smallest absolute Gasteiger partial charge is 0.231 e. The van der Waals surface area contributed by atoms with Gasteiger partial charge in [-0.15, -0.1) is 0 Å². The standard InChI is InChI=1S/C17H13ClN2O2/c18-13-3-1-2-11(6-13)7-17-19-9-14(20-17)12-4-5-15-16(8-12)22-10-21-15/h1-6,8-9H,7,10H2,(H,19,20). The molecule has 1 aliphatic rings. The van der Waals surface area contributed by atoms with E-state index in [1.807, 2.05) is 48.7 Å². The van der Waals surface area contributed by atoms with Crippen molar-refractivity contribution in [2.24, 2.45) is 0 Å². The number of imidazole rings is 1. The quantitative estimate of drug-likeness (QED) is 0.793. The number of ether oxygens (including phenoxy) is 2. The fraction of sp³-hybridized carbons (Fsp3) is 0.118. The molecule has 5 heteroatoms. The number of aromatic amines is 1. The van der Waals surface area contributed by atoms with E-state index in [9.17, 15) is 0 Å². The summed E-state index contributed by atoms with van der Waals surface area (Å²) in [4.78, 5) is 7.78. The van der Waals surface area contributed by atoms with Gasteiger partial charge in [0.15, 0.2) is 11.5 Å². The molecule has 0 atom stereocenters. The molecule has 0 radical (unpaired) electrons. The Bertz CT molecular complexity index is 829. The van der Waals surface area contributed by atoms with Crippen LogP contribution in [0.2, 0.25) is 5.02 Å². The second kappa shape index (κ2) is 5.39. The van der Waals surface area contributed by atoms with Crippen LogP contribution in [0.5, 0.6) is 11.5 Å². The molecule has 0 aliphatic carbocycles. The Morgan fingerprint density at radius 3 is 2.91 bits per heavy atom. The van der Waals surface area contributed by atoms with E-state index in [0.717, 1.165) is 39.2 Å². The summed E-state index contributed by atoms with van der Waals surface area (Å²) in [6.45, 7) is 0.280. The van der Waals surface area contributed by atoms with Gasteiger partial charge in [0.2, 0.25) is 6.79 Å². The van der Waals surface area contributed by atoms with E-state index in [2.05, 4.69) is 9.97 Å². The molecule has 2 heterocycles. The van der Waals surface area contributed by atoms with Gasteiger partial charge in [-0.2, -0.15) is 0 Å². The molecule has 0 unspecified atom stereocenters. The normalized spacial score (nSPS) is 12.6. The van der Waals surface area contributed by atoms with E-state index in [1.54, 1.807) is 0 Å². The summed E-state index contributed by atoms with van der Waals surface area (Å²) in [5, 5.41) is 0.736. The van der Waals surface area contributed by atoms with Crippen LogP contribution in [0.1, 0.15) is 11.4 Å². The number of hydrogen-bond donors (Lipinski definition) is 1. The van der Waals surface area contributed by atoms with Gasteiger partial charge in [0.05, 0.1) is 11.9 Å². The molecule has 0 saturated carbocycles. The molecule has 22 heavy (non-hydrogen) atoms. The van der Waals surface area contributed by atoms with Crippen molar-refractivity contribution >= 4 is 11.6 Å². The summed E-state index contributed by atoms with van der Waals surface area (Å²) in [6, 6.07) is 13.7. The lowest BCUT2D eigenvalue weighted by Gasteiger charge is -2.01. The van der Waals surface area contributed by atoms with E-state index in [4.69, 9.17) is 21.1 Å². The molecule has 0 amide bonds. The van der Waals surface area contributed by atoms with E-state index >= 15 is 0 Å². The summed E-state index contributed by atoms with van der Waals surface area (Å²) in [7, 11) is 0. The first-order chi connectivity index (χ1) is 10.8. The second-order valence-corrected chi connectivity index (χ2v) is 5.55. The van der Waals surface area contributed by atoms with Gasteiger partial charge in [0.25, 0.3) is 0 Å². The third kappa shape index (κ3) is 2.53. The first-order valence-corrected chi connectivity index (χ1v) is 7.34. The zero-order valence-electron chi connectivity index (χ0n) is 11.7. The van der Waals surface area contributed by atoms with Crippen molar-refractivity contribution in [2.75, 3.05) is 6.79 Å². The molecule has 2 aromatic carbocycles. The number of aromatic nitrogens is 2. The van der Waals surface area contributed by atoms with Crippen molar-refractivity contribution in [3.8, 4) is 22.8 Å². The summed E-state index contributed by atoms with van der Waals surface area (Å²) in [5.74, 6) is 2.45. The molecule has 1 aliphatic heterocycles. The largest absolute Gasteiger partial charge is 0.454 e. The molecule has 0 spiro atoms. The van der Waals surface area contributed by atoms with Crippen molar-refractivity contribution in [3.63, 3.8) is 0 Å². The minimum absolute atomic E-state index is 0.280. The molecule has 1 aromatic heterocycles. The number of rotatable bonds is 3. The fourth-order valence-corrected chi connectivity index (χ4v) is 2.72. The van der Waals surface area contributed by atoms with Gasteiger partial charge in [-0.05, 0) is 35.9 Å². The Morgan fingerprint density at radius 1 is 1.09 bits per heavy atom. The molecule has 3 aromatic rings. The van der Waals surface area contributed by atoms with Gasteiger partial charge in [-0.1, -0.05) is 23.7 Å². The van der Waals surface area contributed by atoms with Crippen molar-refractivity contribution in [1.29, 1.82) is 0 Å². The van der Waals surface area contributed by atoms with Gasteiger partial charge in [-0.3, -0.25) is 0 Å². The molecule has 110 valence electrons. The summed E-state index contributed by atoms with van der Waals surface area (Å²) in [5.41, 5.74) is 3.10. The van der Waals surface area contributed by atoms with Gasteiger partial charge in [0, 0.05) is 17.0 Å². The predicted molar refractivity (Wildman–Crippen MR) is 84.4 cm³/mol. The maximum absolute atomic E-state index is 6.01. The number of fused-ring (bicyclic) bond motifs is 1. The highest BCUT2D eigenvalue weighted by Gasteiger charge is 2.14. The molecule has 0 fully saturated rings. The van der Waals surface area contributed by atoms with Crippen molar-refractivity contribution in [3.05, 3.63) is 65.1 Å². The number of halogens is 1. The number of hydrogen-bond acceptors (Lipinski definition) is 3. The van der Waals surface area contributed by atoms with Crippen LogP contribution in [-0.4, -0.2) is 16.8 Å². The predicted octanol–water partition coefficient (Wildman–Crippen LogP) is 4.05. The average molecular weight is 313 g/mol. The summed E-state index contributed by atoms with van der Waals surface area (Å²) in [6.07, 6.45) is 2.54. The minimum Gasteiger partial charge on any atom is -0.454 e. The number of H-pyrrole nitrogens is 1. The Morgan fingerprint density at radius 2 is 2.00 bits per heavy atom. The lowest BCUT2D eigenvalue weighted by Crippen LogP contribution is -1.92. The van der Waals surface area contributed by atoms with E-state index in [-0.39, 0.29) is 6.79 Å².